The van der Waals surface area contributed by atoms with Crippen LogP contribution in [0.5, 0.6) is 0 Å². The zero-order valence-electron chi connectivity index (χ0n) is 17.8. The maximum Gasteiger partial charge on any atom is 0.223 e. The average molecular weight is 460 g/mol. The van der Waals surface area contributed by atoms with Crippen LogP contribution in [0.2, 0.25) is 0 Å². The molecule has 3 aromatic heterocycles. The molecule has 33 heavy (non-hydrogen) atoms. The van der Waals surface area contributed by atoms with Crippen LogP contribution in [-0.2, 0) is 13.0 Å². The molecule has 2 aromatic carbocycles. The second kappa shape index (κ2) is 9.43. The van der Waals surface area contributed by atoms with Crippen molar-refractivity contribution in [3.63, 3.8) is 0 Å². The van der Waals surface area contributed by atoms with Crippen molar-refractivity contribution in [1.82, 2.24) is 25.0 Å². The zero-order valence-corrected chi connectivity index (χ0v) is 18.6. The lowest BCUT2D eigenvalue weighted by molar-refractivity contribution is 0.604. The minimum atomic E-state index is -0.450. The number of anilines is 1. The van der Waals surface area contributed by atoms with Gasteiger partial charge >= 0.3 is 0 Å². The quantitative estimate of drug-likeness (QED) is 0.358. The maximum absolute atomic E-state index is 14.7. The molecular formula is C24H22FN7S. The Bertz CT molecular complexity index is 1380. The van der Waals surface area contributed by atoms with Crippen molar-refractivity contribution in [2.24, 2.45) is 5.73 Å². The molecule has 3 N–H and O–H groups in total. The molecule has 9 heteroatoms. The fraction of sp³-hybridized carbons (Fsp3) is 0.167. The molecule has 0 unspecified atom stereocenters. The summed E-state index contributed by atoms with van der Waals surface area (Å²) in [5.74, 6) is -0.0778. The van der Waals surface area contributed by atoms with Crippen molar-refractivity contribution < 1.29 is 4.39 Å². The summed E-state index contributed by atoms with van der Waals surface area (Å²) in [6.07, 6.45) is 5.41. The third-order valence-corrected chi connectivity index (χ3v) is 6.53. The smallest absolute Gasteiger partial charge is 0.223 e. The number of thiophene rings is 1. The number of nitrogens with two attached hydrogens (primary N) is 1. The SMILES string of the molecule is NCCc1ccccc1-c1cccc2cc(-c3nc(NCCn4ccnn4)ncc3F)sc12. The van der Waals surface area contributed by atoms with Gasteiger partial charge in [-0.1, -0.05) is 47.7 Å². The Morgan fingerprint density at radius 1 is 1.09 bits per heavy atom. The van der Waals surface area contributed by atoms with Gasteiger partial charge in [-0.15, -0.1) is 16.4 Å². The van der Waals surface area contributed by atoms with E-state index in [1.807, 2.05) is 30.3 Å². The summed E-state index contributed by atoms with van der Waals surface area (Å²) in [7, 11) is 0. The molecule has 0 atom stereocenters. The van der Waals surface area contributed by atoms with Crippen molar-refractivity contribution in [3.05, 3.63) is 78.5 Å². The van der Waals surface area contributed by atoms with Gasteiger partial charge in [0.15, 0.2) is 5.82 Å². The third kappa shape index (κ3) is 4.46. The minimum absolute atomic E-state index is 0.288. The van der Waals surface area contributed by atoms with Gasteiger partial charge in [-0.25, -0.2) is 14.4 Å². The van der Waals surface area contributed by atoms with Crippen LogP contribution in [0.25, 0.3) is 31.8 Å². The van der Waals surface area contributed by atoms with E-state index in [0.29, 0.717) is 25.6 Å². The first kappa shape index (κ1) is 21.2. The number of benzene rings is 2. The molecule has 0 aliphatic heterocycles. The summed E-state index contributed by atoms with van der Waals surface area (Å²) in [4.78, 5) is 9.30. The van der Waals surface area contributed by atoms with E-state index < -0.39 is 5.82 Å². The fourth-order valence-electron chi connectivity index (χ4n) is 3.81. The molecule has 7 nitrogen and oxygen atoms in total. The number of fused-ring (bicyclic) bond motifs is 1. The van der Waals surface area contributed by atoms with Crippen LogP contribution >= 0.6 is 11.3 Å². The predicted molar refractivity (Wildman–Crippen MR) is 130 cm³/mol. The van der Waals surface area contributed by atoms with Gasteiger partial charge in [-0.05, 0) is 41.1 Å². The monoisotopic (exact) mass is 459 g/mol. The Morgan fingerprint density at radius 3 is 2.82 bits per heavy atom. The molecule has 0 aliphatic rings. The third-order valence-electron chi connectivity index (χ3n) is 5.34. The van der Waals surface area contributed by atoms with Crippen LogP contribution < -0.4 is 11.1 Å². The van der Waals surface area contributed by atoms with Crippen LogP contribution in [0, 0.1) is 5.82 Å². The first-order chi connectivity index (χ1) is 16.2. The number of hydrogen-bond donors (Lipinski definition) is 2. The fourth-order valence-corrected chi connectivity index (χ4v) is 4.99. The topological polar surface area (TPSA) is 94.5 Å². The van der Waals surface area contributed by atoms with Gasteiger partial charge in [-0.3, -0.25) is 4.68 Å². The largest absolute Gasteiger partial charge is 0.352 e. The summed E-state index contributed by atoms with van der Waals surface area (Å²) >= 11 is 1.53. The van der Waals surface area contributed by atoms with Crippen molar-refractivity contribution >= 4 is 27.4 Å². The number of hydrogen-bond acceptors (Lipinski definition) is 7. The zero-order chi connectivity index (χ0) is 22.6. The molecule has 0 spiro atoms. The lowest BCUT2D eigenvalue weighted by atomic mass is 9.97. The first-order valence-electron chi connectivity index (χ1n) is 10.6. The van der Waals surface area contributed by atoms with Gasteiger partial charge < -0.3 is 11.1 Å². The van der Waals surface area contributed by atoms with Crippen molar-refractivity contribution in [2.75, 3.05) is 18.4 Å². The van der Waals surface area contributed by atoms with E-state index >= 15 is 0 Å². The Morgan fingerprint density at radius 2 is 1.97 bits per heavy atom. The minimum Gasteiger partial charge on any atom is -0.352 e. The second-order valence-corrected chi connectivity index (χ2v) is 8.57. The normalized spacial score (nSPS) is 11.2. The number of aromatic nitrogens is 5. The van der Waals surface area contributed by atoms with Gasteiger partial charge in [0.05, 0.1) is 23.8 Å². The van der Waals surface area contributed by atoms with E-state index in [-0.39, 0.29) is 5.69 Å². The standard InChI is InChI=1S/C24H22FN7S/c25-20-15-28-24(27-10-12-32-13-11-29-31-32)30-22(20)21-14-17-5-3-7-19(23(17)33-21)18-6-2-1-4-16(18)8-9-26/h1-7,11,13-15H,8-10,12,26H2,(H,27,28,30). The Kier molecular flexibility index (Phi) is 6.05. The van der Waals surface area contributed by atoms with Gasteiger partial charge in [0.2, 0.25) is 5.95 Å². The van der Waals surface area contributed by atoms with Gasteiger partial charge in [0, 0.05) is 17.4 Å². The highest BCUT2D eigenvalue weighted by Gasteiger charge is 2.16. The highest BCUT2D eigenvalue weighted by molar-refractivity contribution is 7.22. The highest BCUT2D eigenvalue weighted by Crippen LogP contribution is 2.40. The predicted octanol–water partition coefficient (Wildman–Crippen LogP) is 4.37. The second-order valence-electron chi connectivity index (χ2n) is 7.51. The molecule has 166 valence electrons. The highest BCUT2D eigenvalue weighted by atomic mass is 32.1. The van der Waals surface area contributed by atoms with Crippen molar-refractivity contribution in [1.29, 1.82) is 0 Å². The first-order valence-corrected chi connectivity index (χ1v) is 11.5. The van der Waals surface area contributed by atoms with Crippen LogP contribution in [-0.4, -0.2) is 38.1 Å². The van der Waals surface area contributed by atoms with Crippen LogP contribution in [0.15, 0.2) is 67.1 Å². The van der Waals surface area contributed by atoms with E-state index in [2.05, 4.69) is 43.8 Å². The summed E-state index contributed by atoms with van der Waals surface area (Å²) in [5, 5.41) is 11.9. The van der Waals surface area contributed by atoms with E-state index in [1.54, 1.807) is 17.1 Å². The maximum atomic E-state index is 14.7. The van der Waals surface area contributed by atoms with Gasteiger partial charge in [0.1, 0.15) is 5.69 Å². The average Bonchev–Trinajstić information content (AvgIpc) is 3.50. The Balaban J connectivity index is 1.48. The molecule has 0 fully saturated rings. The Hall–Kier alpha value is -3.69. The molecule has 0 amide bonds. The lowest BCUT2D eigenvalue weighted by Gasteiger charge is -2.10. The molecule has 5 rings (SSSR count). The molecule has 0 saturated heterocycles. The molecule has 0 saturated carbocycles. The number of nitrogens with one attached hydrogen (secondary N) is 1. The molecule has 0 radical (unpaired) electrons. The van der Waals surface area contributed by atoms with Crippen LogP contribution in [0.4, 0.5) is 10.3 Å². The number of rotatable bonds is 8. The molecular weight excluding hydrogens is 437 g/mol. The molecule has 0 bridgehead atoms. The van der Waals surface area contributed by atoms with Crippen molar-refractivity contribution in [3.8, 4) is 21.7 Å². The molecule has 5 aromatic rings. The molecule has 0 aliphatic carbocycles. The van der Waals surface area contributed by atoms with E-state index in [0.717, 1.165) is 32.5 Å². The van der Waals surface area contributed by atoms with Crippen molar-refractivity contribution in [2.45, 2.75) is 13.0 Å². The lowest BCUT2D eigenvalue weighted by Crippen LogP contribution is -2.13. The summed E-state index contributed by atoms with van der Waals surface area (Å²) in [6, 6.07) is 16.4. The summed E-state index contributed by atoms with van der Waals surface area (Å²) < 4.78 is 17.5. The van der Waals surface area contributed by atoms with Crippen LogP contribution in [0.3, 0.4) is 0 Å². The summed E-state index contributed by atoms with van der Waals surface area (Å²) in [6.45, 7) is 1.73. The van der Waals surface area contributed by atoms with Gasteiger partial charge in [0.25, 0.3) is 0 Å². The summed E-state index contributed by atoms with van der Waals surface area (Å²) in [5.41, 5.74) is 9.59. The number of halogens is 1. The number of nitrogens with zero attached hydrogens (tertiary/aromatic N) is 5. The Labute approximate surface area is 194 Å². The van der Waals surface area contributed by atoms with Crippen LogP contribution in [0.1, 0.15) is 5.56 Å². The van der Waals surface area contributed by atoms with Gasteiger partial charge in [-0.2, -0.15) is 0 Å². The molecule has 3 heterocycles. The van der Waals surface area contributed by atoms with E-state index in [9.17, 15) is 4.39 Å². The van der Waals surface area contributed by atoms with E-state index in [1.165, 1.54) is 23.1 Å². The van der Waals surface area contributed by atoms with E-state index in [4.69, 9.17) is 5.73 Å².